The number of para-hydroxylation sites is 1. The van der Waals surface area contributed by atoms with Gasteiger partial charge in [0.25, 0.3) is 0 Å². The lowest BCUT2D eigenvalue weighted by molar-refractivity contribution is 0.0694. The fourth-order valence-corrected chi connectivity index (χ4v) is 2.05. The quantitative estimate of drug-likeness (QED) is 0.795. The van der Waals surface area contributed by atoms with Crippen molar-refractivity contribution in [3.63, 3.8) is 0 Å². The van der Waals surface area contributed by atoms with E-state index in [1.807, 2.05) is 18.2 Å². The van der Waals surface area contributed by atoms with Crippen LogP contribution < -0.4 is 4.74 Å². The molecule has 0 saturated carbocycles. The second-order valence-electron chi connectivity index (χ2n) is 4.47. The molecule has 2 heterocycles. The first-order chi connectivity index (χ1) is 10.8. The van der Waals surface area contributed by atoms with E-state index in [-0.39, 0.29) is 17.0 Å². The molecule has 0 spiro atoms. The Balaban J connectivity index is 2.10. The second kappa shape index (κ2) is 6.05. The monoisotopic (exact) mass is 292 g/mol. The fraction of sp³-hybridized carbons (Fsp3) is 0. The third-order valence-electron chi connectivity index (χ3n) is 3.01. The zero-order chi connectivity index (χ0) is 15.4. The third-order valence-corrected chi connectivity index (χ3v) is 3.01. The molecule has 0 atom stereocenters. The van der Waals surface area contributed by atoms with Crippen molar-refractivity contribution >= 4 is 5.97 Å². The molecular weight excluding hydrogens is 280 g/mol. The van der Waals surface area contributed by atoms with E-state index in [9.17, 15) is 9.90 Å². The summed E-state index contributed by atoms with van der Waals surface area (Å²) in [7, 11) is 0. The number of hydrogen-bond donors (Lipinski definition) is 1. The SMILES string of the molecule is O=C(O)c1c(Oc2ccccc2)ccnc1-c1ccccn1. The zero-order valence-corrected chi connectivity index (χ0v) is 11.5. The van der Waals surface area contributed by atoms with Gasteiger partial charge in [0, 0.05) is 18.5 Å². The van der Waals surface area contributed by atoms with Crippen molar-refractivity contribution in [1.29, 1.82) is 0 Å². The summed E-state index contributed by atoms with van der Waals surface area (Å²) in [6.07, 6.45) is 3.10. The summed E-state index contributed by atoms with van der Waals surface area (Å²) in [4.78, 5) is 20.0. The van der Waals surface area contributed by atoms with Crippen molar-refractivity contribution in [3.8, 4) is 22.9 Å². The highest BCUT2D eigenvalue weighted by molar-refractivity contribution is 5.97. The Bertz CT molecular complexity index is 790. The summed E-state index contributed by atoms with van der Waals surface area (Å²) in [6, 6.07) is 15.8. The van der Waals surface area contributed by atoms with Crippen molar-refractivity contribution in [2.24, 2.45) is 0 Å². The largest absolute Gasteiger partial charge is 0.477 e. The van der Waals surface area contributed by atoms with Crippen LogP contribution in [0.4, 0.5) is 0 Å². The van der Waals surface area contributed by atoms with Gasteiger partial charge in [0.15, 0.2) is 0 Å². The predicted molar refractivity (Wildman–Crippen MR) is 80.9 cm³/mol. The highest BCUT2D eigenvalue weighted by atomic mass is 16.5. The number of pyridine rings is 2. The summed E-state index contributed by atoms with van der Waals surface area (Å²) in [5, 5.41) is 9.54. The summed E-state index contributed by atoms with van der Waals surface area (Å²) < 4.78 is 5.68. The Labute approximate surface area is 126 Å². The summed E-state index contributed by atoms with van der Waals surface area (Å²) in [5.41, 5.74) is 0.755. The van der Waals surface area contributed by atoms with Gasteiger partial charge in [-0.25, -0.2) is 4.79 Å². The molecule has 3 aromatic rings. The van der Waals surface area contributed by atoms with Crippen molar-refractivity contribution < 1.29 is 14.6 Å². The lowest BCUT2D eigenvalue weighted by Gasteiger charge is -2.11. The van der Waals surface area contributed by atoms with Crippen LogP contribution >= 0.6 is 0 Å². The van der Waals surface area contributed by atoms with Crippen molar-refractivity contribution in [2.75, 3.05) is 0 Å². The van der Waals surface area contributed by atoms with Gasteiger partial charge >= 0.3 is 5.97 Å². The number of nitrogens with zero attached hydrogens (tertiary/aromatic N) is 2. The van der Waals surface area contributed by atoms with Gasteiger partial charge in [-0.2, -0.15) is 0 Å². The van der Waals surface area contributed by atoms with Crippen LogP contribution in [0.15, 0.2) is 67.0 Å². The number of aromatic nitrogens is 2. The number of hydrogen-bond acceptors (Lipinski definition) is 4. The zero-order valence-electron chi connectivity index (χ0n) is 11.5. The Hall–Kier alpha value is -3.21. The summed E-state index contributed by atoms with van der Waals surface area (Å²) >= 11 is 0. The van der Waals surface area contributed by atoms with E-state index in [1.54, 1.807) is 36.5 Å². The topological polar surface area (TPSA) is 72.3 Å². The highest BCUT2D eigenvalue weighted by Crippen LogP contribution is 2.30. The van der Waals surface area contributed by atoms with E-state index in [1.165, 1.54) is 12.3 Å². The first-order valence-electron chi connectivity index (χ1n) is 6.62. The molecule has 0 bridgehead atoms. The molecule has 5 nitrogen and oxygen atoms in total. The summed E-state index contributed by atoms with van der Waals surface area (Å²) in [6.45, 7) is 0. The number of aromatic carboxylic acids is 1. The molecule has 0 aliphatic heterocycles. The minimum absolute atomic E-state index is 0.00921. The van der Waals surface area contributed by atoms with Crippen molar-refractivity contribution in [2.45, 2.75) is 0 Å². The van der Waals surface area contributed by atoms with Gasteiger partial charge in [-0.05, 0) is 24.3 Å². The standard InChI is InChI=1S/C17H12N2O3/c20-17(21)15-14(22-12-6-2-1-3-7-12)9-11-19-16(15)13-8-4-5-10-18-13/h1-11H,(H,20,21). The smallest absolute Gasteiger partial charge is 0.341 e. The first kappa shape index (κ1) is 13.8. The lowest BCUT2D eigenvalue weighted by atomic mass is 10.1. The highest BCUT2D eigenvalue weighted by Gasteiger charge is 2.20. The molecule has 0 amide bonds. The molecule has 0 saturated heterocycles. The molecule has 0 aliphatic rings. The van der Waals surface area contributed by atoms with Crippen LogP contribution in [0.5, 0.6) is 11.5 Å². The van der Waals surface area contributed by atoms with Gasteiger partial charge in [0.1, 0.15) is 22.8 Å². The minimum atomic E-state index is -1.11. The number of rotatable bonds is 4. The van der Waals surface area contributed by atoms with Crippen LogP contribution in [0.1, 0.15) is 10.4 Å². The average molecular weight is 292 g/mol. The fourth-order valence-electron chi connectivity index (χ4n) is 2.05. The van der Waals surface area contributed by atoms with Crippen LogP contribution in [-0.4, -0.2) is 21.0 Å². The van der Waals surface area contributed by atoms with Gasteiger partial charge in [-0.15, -0.1) is 0 Å². The van der Waals surface area contributed by atoms with E-state index in [0.717, 1.165) is 0 Å². The van der Waals surface area contributed by atoms with Crippen LogP contribution in [0.3, 0.4) is 0 Å². The molecule has 2 aromatic heterocycles. The maximum absolute atomic E-state index is 11.7. The lowest BCUT2D eigenvalue weighted by Crippen LogP contribution is -2.05. The summed E-state index contributed by atoms with van der Waals surface area (Å²) in [5.74, 6) is -0.322. The number of ether oxygens (including phenoxy) is 1. The molecule has 0 unspecified atom stereocenters. The first-order valence-corrected chi connectivity index (χ1v) is 6.62. The molecule has 3 rings (SSSR count). The van der Waals surface area contributed by atoms with E-state index in [4.69, 9.17) is 4.74 Å². The Morgan fingerprint density at radius 2 is 1.68 bits per heavy atom. The van der Waals surface area contributed by atoms with Crippen LogP contribution in [0.25, 0.3) is 11.4 Å². The third kappa shape index (κ3) is 2.78. The Morgan fingerprint density at radius 3 is 2.36 bits per heavy atom. The molecule has 1 aromatic carbocycles. The number of benzene rings is 1. The molecule has 0 aliphatic carbocycles. The van der Waals surface area contributed by atoms with Gasteiger partial charge in [0.05, 0.1) is 5.69 Å². The van der Waals surface area contributed by atoms with Gasteiger partial charge in [0.2, 0.25) is 0 Å². The molecular formula is C17H12N2O3. The maximum Gasteiger partial charge on any atom is 0.341 e. The van der Waals surface area contributed by atoms with E-state index in [0.29, 0.717) is 11.4 Å². The molecule has 108 valence electrons. The van der Waals surface area contributed by atoms with Crippen molar-refractivity contribution in [1.82, 2.24) is 9.97 Å². The van der Waals surface area contributed by atoms with E-state index in [2.05, 4.69) is 9.97 Å². The van der Waals surface area contributed by atoms with Gasteiger partial charge in [-0.3, -0.25) is 9.97 Å². The Morgan fingerprint density at radius 1 is 0.909 bits per heavy atom. The van der Waals surface area contributed by atoms with E-state index < -0.39 is 5.97 Å². The normalized spacial score (nSPS) is 10.2. The second-order valence-corrected chi connectivity index (χ2v) is 4.47. The van der Waals surface area contributed by atoms with Gasteiger partial charge in [-0.1, -0.05) is 24.3 Å². The van der Waals surface area contributed by atoms with Crippen LogP contribution in [0.2, 0.25) is 0 Å². The predicted octanol–water partition coefficient (Wildman–Crippen LogP) is 3.63. The number of carbonyl (C=O) groups is 1. The molecule has 22 heavy (non-hydrogen) atoms. The number of carboxylic acid groups (broad SMARTS) is 1. The molecule has 1 N–H and O–H groups in total. The van der Waals surface area contributed by atoms with Crippen LogP contribution in [-0.2, 0) is 0 Å². The van der Waals surface area contributed by atoms with E-state index >= 15 is 0 Å². The molecule has 5 heteroatoms. The molecule has 0 fully saturated rings. The maximum atomic E-state index is 11.7. The molecule has 0 radical (unpaired) electrons. The number of carboxylic acids is 1. The van der Waals surface area contributed by atoms with Crippen LogP contribution in [0, 0.1) is 0 Å². The van der Waals surface area contributed by atoms with Crippen molar-refractivity contribution in [3.05, 3.63) is 72.6 Å². The minimum Gasteiger partial charge on any atom is -0.477 e. The average Bonchev–Trinajstić information content (AvgIpc) is 2.56. The Kier molecular flexibility index (Phi) is 3.78. The van der Waals surface area contributed by atoms with Gasteiger partial charge < -0.3 is 9.84 Å².